The zero-order valence-corrected chi connectivity index (χ0v) is 29.1. The molecule has 0 saturated carbocycles. The van der Waals surface area contributed by atoms with Gasteiger partial charge in [-0.3, -0.25) is 29.4 Å². The van der Waals surface area contributed by atoms with E-state index in [9.17, 15) is 49.2 Å². The summed E-state index contributed by atoms with van der Waals surface area (Å²) in [5, 5.41) is 48.2. The summed E-state index contributed by atoms with van der Waals surface area (Å²) in [6, 6.07) is 4.28. The molecular formula is C36H46N4O13. The van der Waals surface area contributed by atoms with Crippen molar-refractivity contribution >= 4 is 41.4 Å². The first-order valence-electron chi connectivity index (χ1n) is 17.5. The SMILES string of the molecule is O=C(CCCCCN1C(=O)C=CC1=O)NCCC(=O)Nc1cc(COC(=O)N/C2=C/CCC/C=C\CC2)ccc1O[C@H]1O[C@@H](C(=O)O)[C@H](O)[C@@H](O)[C@@H]1O. The topological polar surface area (TPSA) is 250 Å². The number of carboxylic acid groups (broad SMARTS) is 1. The number of allylic oxidation sites excluding steroid dienone is 4. The zero-order valence-electron chi connectivity index (χ0n) is 29.1. The van der Waals surface area contributed by atoms with E-state index in [1.807, 2.05) is 6.08 Å². The molecule has 5 atom stereocenters. The normalized spacial score (nSPS) is 24.5. The molecule has 17 heteroatoms. The van der Waals surface area contributed by atoms with E-state index in [0.717, 1.165) is 36.3 Å². The number of anilines is 1. The largest absolute Gasteiger partial charge is 0.479 e. The van der Waals surface area contributed by atoms with Gasteiger partial charge in [0.1, 0.15) is 30.7 Å². The fourth-order valence-corrected chi connectivity index (χ4v) is 5.66. The van der Waals surface area contributed by atoms with E-state index in [4.69, 9.17) is 14.2 Å². The van der Waals surface area contributed by atoms with Crippen LogP contribution in [0.2, 0.25) is 0 Å². The van der Waals surface area contributed by atoms with Gasteiger partial charge in [-0.1, -0.05) is 30.7 Å². The Kier molecular flexibility index (Phi) is 15.5. The number of aliphatic hydroxyl groups is 3. The second-order valence-electron chi connectivity index (χ2n) is 12.7. The standard InChI is InChI=1S/C36H46N4O13/c41-26(12-8-5-9-19-40-28(43)15-16-29(40)44)37-18-17-27(42)39-24-20-22(21-51-36(50)38-23-10-6-3-1-2-4-7-11-23)13-14-25(24)52-35-32(47)30(45)31(46)33(53-35)34(48)49/h1,3,11,13-16,20,30-33,35,45-47H,2,4-10,12,17-19,21H2,(H,37,41)(H,38,50)(H,39,42)(H,48,49)/b3-1-,23-11+/t30-,31-,32+,33-,35+/m1/s1. The van der Waals surface area contributed by atoms with E-state index in [-0.39, 0.29) is 61.7 Å². The van der Waals surface area contributed by atoms with E-state index >= 15 is 0 Å². The van der Waals surface area contributed by atoms with Gasteiger partial charge in [0.05, 0.1) is 5.69 Å². The van der Waals surface area contributed by atoms with Gasteiger partial charge in [0.2, 0.25) is 18.1 Å². The van der Waals surface area contributed by atoms with Crippen molar-refractivity contribution in [2.75, 3.05) is 18.4 Å². The number of hydrogen-bond donors (Lipinski definition) is 7. The van der Waals surface area contributed by atoms with Crippen LogP contribution in [0.1, 0.15) is 69.8 Å². The summed E-state index contributed by atoms with van der Waals surface area (Å²) < 4.78 is 16.3. The van der Waals surface area contributed by atoms with Crippen LogP contribution in [-0.4, -0.2) is 105 Å². The monoisotopic (exact) mass is 742 g/mol. The van der Waals surface area contributed by atoms with Gasteiger partial charge in [0, 0.05) is 43.8 Å². The lowest BCUT2D eigenvalue weighted by molar-refractivity contribution is -0.271. The smallest absolute Gasteiger partial charge is 0.411 e. The zero-order chi connectivity index (χ0) is 38.3. The lowest BCUT2D eigenvalue weighted by Crippen LogP contribution is -2.61. The summed E-state index contributed by atoms with van der Waals surface area (Å²) in [7, 11) is 0. The molecule has 0 unspecified atom stereocenters. The third-order valence-corrected chi connectivity index (χ3v) is 8.58. The Morgan fingerprint density at radius 1 is 0.868 bits per heavy atom. The highest BCUT2D eigenvalue weighted by Crippen LogP contribution is 2.31. The van der Waals surface area contributed by atoms with Crippen molar-refractivity contribution < 1.29 is 63.4 Å². The van der Waals surface area contributed by atoms with Crippen LogP contribution < -0.4 is 20.7 Å². The first kappa shape index (κ1) is 40.7. The Balaban J connectivity index is 1.33. The summed E-state index contributed by atoms with van der Waals surface area (Å²) in [5.41, 5.74) is 1.18. The van der Waals surface area contributed by atoms with Crippen LogP contribution in [0.4, 0.5) is 10.5 Å². The number of aliphatic hydroxyl groups excluding tert-OH is 3. The highest BCUT2D eigenvalue weighted by Gasteiger charge is 2.48. The van der Waals surface area contributed by atoms with Crippen molar-refractivity contribution in [3.8, 4) is 5.75 Å². The number of nitrogens with zero attached hydrogens (tertiary/aromatic N) is 1. The number of nitrogens with one attached hydrogen (secondary N) is 3. The van der Waals surface area contributed by atoms with Crippen molar-refractivity contribution in [1.29, 1.82) is 0 Å². The predicted molar refractivity (Wildman–Crippen MR) is 186 cm³/mol. The van der Waals surface area contributed by atoms with Gasteiger partial charge in [0.25, 0.3) is 11.8 Å². The molecule has 288 valence electrons. The molecule has 4 rings (SSSR count). The molecule has 2 aliphatic heterocycles. The minimum absolute atomic E-state index is 0.0158. The van der Waals surface area contributed by atoms with Crippen LogP contribution in [0.15, 0.2) is 54.3 Å². The van der Waals surface area contributed by atoms with Crippen LogP contribution >= 0.6 is 0 Å². The number of imide groups is 1. The van der Waals surface area contributed by atoms with Gasteiger partial charge in [0.15, 0.2) is 6.10 Å². The fraction of sp³-hybridized carbons (Fsp3) is 0.500. The first-order chi connectivity index (χ1) is 25.4. The highest BCUT2D eigenvalue weighted by molar-refractivity contribution is 6.12. The van der Waals surface area contributed by atoms with Gasteiger partial charge in [-0.25, -0.2) is 9.59 Å². The maximum atomic E-state index is 13.0. The molecule has 7 N–H and O–H groups in total. The second kappa shape index (κ2) is 20.2. The number of rotatable bonds is 16. The number of ether oxygens (including phenoxy) is 3. The number of carboxylic acids is 1. The molecule has 0 bridgehead atoms. The summed E-state index contributed by atoms with van der Waals surface area (Å²) >= 11 is 0. The van der Waals surface area contributed by atoms with E-state index in [0.29, 0.717) is 31.2 Å². The number of aliphatic carboxylic acids is 1. The lowest BCUT2D eigenvalue weighted by Gasteiger charge is -2.38. The first-order valence-corrected chi connectivity index (χ1v) is 17.5. The van der Waals surface area contributed by atoms with E-state index in [1.165, 1.54) is 30.4 Å². The van der Waals surface area contributed by atoms with Crippen LogP contribution in [0, 0.1) is 0 Å². The number of unbranched alkanes of at least 4 members (excludes halogenated alkanes) is 2. The predicted octanol–water partition coefficient (Wildman–Crippen LogP) is 1.52. The second-order valence-corrected chi connectivity index (χ2v) is 12.7. The Labute approximate surface area is 305 Å². The molecule has 3 aliphatic rings. The molecular weight excluding hydrogens is 696 g/mol. The Morgan fingerprint density at radius 2 is 1.62 bits per heavy atom. The van der Waals surface area contributed by atoms with Gasteiger partial charge in [-0.15, -0.1) is 0 Å². The molecule has 17 nitrogen and oxygen atoms in total. The van der Waals surface area contributed by atoms with Crippen LogP contribution in [-0.2, 0) is 40.1 Å². The van der Waals surface area contributed by atoms with Gasteiger partial charge >= 0.3 is 12.1 Å². The quantitative estimate of drug-likeness (QED) is 0.0722. The third-order valence-electron chi connectivity index (χ3n) is 8.58. The maximum Gasteiger partial charge on any atom is 0.411 e. The molecule has 0 aromatic heterocycles. The van der Waals surface area contributed by atoms with Crippen LogP contribution in [0.5, 0.6) is 5.75 Å². The number of amides is 5. The average Bonchev–Trinajstić information content (AvgIpc) is 3.50. The number of benzene rings is 1. The van der Waals surface area contributed by atoms with E-state index in [1.54, 1.807) is 0 Å². The Morgan fingerprint density at radius 3 is 2.38 bits per heavy atom. The van der Waals surface area contributed by atoms with E-state index < -0.39 is 48.7 Å². The minimum Gasteiger partial charge on any atom is -0.479 e. The number of alkyl carbamates (subject to hydrolysis) is 1. The molecule has 1 saturated heterocycles. The average molecular weight is 743 g/mol. The minimum atomic E-state index is -1.94. The number of carbonyl (C=O) groups excluding carboxylic acids is 5. The number of hydrogen-bond acceptors (Lipinski definition) is 12. The van der Waals surface area contributed by atoms with Crippen LogP contribution in [0.3, 0.4) is 0 Å². The molecule has 0 spiro atoms. The summed E-state index contributed by atoms with van der Waals surface area (Å²) in [5.74, 6) is -3.29. The summed E-state index contributed by atoms with van der Waals surface area (Å²) in [4.78, 5) is 73.8. The molecule has 2 heterocycles. The van der Waals surface area contributed by atoms with Gasteiger partial charge in [-0.05, 0) is 62.6 Å². The van der Waals surface area contributed by atoms with Gasteiger partial charge < -0.3 is 45.3 Å². The summed E-state index contributed by atoms with van der Waals surface area (Å²) in [6.45, 7) is 0.0323. The third kappa shape index (κ3) is 12.5. The van der Waals surface area contributed by atoms with Crippen molar-refractivity contribution in [2.24, 2.45) is 0 Å². The van der Waals surface area contributed by atoms with Crippen molar-refractivity contribution in [3.63, 3.8) is 0 Å². The molecule has 5 amide bonds. The summed E-state index contributed by atoms with van der Waals surface area (Å²) in [6.07, 6.45) is 4.28. The van der Waals surface area contributed by atoms with Crippen molar-refractivity contribution in [1.82, 2.24) is 15.5 Å². The Hall–Kier alpha value is -5.10. The fourth-order valence-electron chi connectivity index (χ4n) is 5.66. The molecule has 1 fully saturated rings. The van der Waals surface area contributed by atoms with Crippen molar-refractivity contribution in [2.45, 2.75) is 102 Å². The highest BCUT2D eigenvalue weighted by atomic mass is 16.7. The van der Waals surface area contributed by atoms with Crippen LogP contribution in [0.25, 0.3) is 0 Å². The Bertz CT molecular complexity index is 1570. The van der Waals surface area contributed by atoms with Gasteiger partial charge in [-0.2, -0.15) is 0 Å². The lowest BCUT2D eigenvalue weighted by atomic mass is 9.99. The molecule has 53 heavy (non-hydrogen) atoms. The molecule has 0 radical (unpaired) electrons. The van der Waals surface area contributed by atoms with Crippen molar-refractivity contribution in [3.05, 3.63) is 59.8 Å². The van der Waals surface area contributed by atoms with E-state index in [2.05, 4.69) is 28.1 Å². The number of carbonyl (C=O) groups is 6. The maximum absolute atomic E-state index is 13.0. The molecule has 1 aromatic rings. The molecule has 1 aliphatic carbocycles. The molecule has 1 aromatic carbocycles.